The van der Waals surface area contributed by atoms with E-state index in [0.717, 1.165) is 16.5 Å². The molecule has 0 radical (unpaired) electrons. The Hall–Kier alpha value is -1.86. The molecule has 5 nitrogen and oxygen atoms in total. The third-order valence-corrected chi connectivity index (χ3v) is 6.15. The monoisotopic (exact) mass is 494 g/mol. The van der Waals surface area contributed by atoms with Gasteiger partial charge in [0.05, 0.1) is 18.5 Å². The number of rotatable bonds is 7. The van der Waals surface area contributed by atoms with Crippen molar-refractivity contribution in [2.75, 3.05) is 10.6 Å². The molecular formula is C23H31BrN2O3S. The van der Waals surface area contributed by atoms with Crippen LogP contribution >= 0.6 is 15.9 Å². The zero-order valence-corrected chi connectivity index (χ0v) is 20.9. The lowest BCUT2D eigenvalue weighted by molar-refractivity contribution is 0.0891. The van der Waals surface area contributed by atoms with Gasteiger partial charge in [0.2, 0.25) is 10.0 Å². The second-order valence-electron chi connectivity index (χ2n) is 9.52. The summed E-state index contributed by atoms with van der Waals surface area (Å²) in [6.45, 7) is 10.7. The highest BCUT2D eigenvalue weighted by Gasteiger charge is 2.27. The van der Waals surface area contributed by atoms with E-state index in [1.54, 1.807) is 48.5 Å². The molecule has 1 amide bonds. The average molecular weight is 495 g/mol. The summed E-state index contributed by atoms with van der Waals surface area (Å²) in [6, 6.07) is 14.2. The lowest BCUT2D eigenvalue weighted by atomic mass is 9.81. The first-order chi connectivity index (χ1) is 13.7. The van der Waals surface area contributed by atoms with Crippen LogP contribution in [0.15, 0.2) is 53.0 Å². The van der Waals surface area contributed by atoms with Crippen LogP contribution in [0.1, 0.15) is 57.0 Å². The molecule has 0 aromatic heterocycles. The van der Waals surface area contributed by atoms with Crippen molar-refractivity contribution in [1.82, 2.24) is 5.32 Å². The minimum Gasteiger partial charge on any atom is -0.347 e. The minimum absolute atomic E-state index is 0.1000. The Kier molecular flexibility index (Phi) is 7.41. The molecule has 7 heteroatoms. The predicted molar refractivity (Wildman–Crippen MR) is 127 cm³/mol. The van der Waals surface area contributed by atoms with Crippen LogP contribution in [0.3, 0.4) is 0 Å². The summed E-state index contributed by atoms with van der Waals surface area (Å²) in [7, 11) is -3.46. The minimum atomic E-state index is -3.46. The van der Waals surface area contributed by atoms with Crippen molar-refractivity contribution >= 4 is 37.5 Å². The van der Waals surface area contributed by atoms with Gasteiger partial charge in [0.25, 0.3) is 5.91 Å². The summed E-state index contributed by atoms with van der Waals surface area (Å²) in [6.07, 6.45) is 2.04. The number of anilines is 1. The van der Waals surface area contributed by atoms with E-state index in [1.807, 2.05) is 13.8 Å². The molecule has 0 unspecified atom stereocenters. The Morgan fingerprint density at radius 1 is 0.967 bits per heavy atom. The van der Waals surface area contributed by atoms with Gasteiger partial charge in [-0.3, -0.25) is 9.10 Å². The summed E-state index contributed by atoms with van der Waals surface area (Å²) in [5, 5.41) is 3.10. The smallest absolute Gasteiger partial charge is 0.251 e. The van der Waals surface area contributed by atoms with Gasteiger partial charge in [-0.2, -0.15) is 0 Å². The number of nitrogens with one attached hydrogen (secondary N) is 1. The van der Waals surface area contributed by atoms with Crippen molar-refractivity contribution < 1.29 is 13.2 Å². The van der Waals surface area contributed by atoms with Gasteiger partial charge in [-0.05, 0) is 67.6 Å². The quantitative estimate of drug-likeness (QED) is 0.563. The number of hydrogen-bond donors (Lipinski definition) is 1. The second kappa shape index (κ2) is 9.10. The van der Waals surface area contributed by atoms with Gasteiger partial charge < -0.3 is 5.32 Å². The standard InChI is InChI=1S/C23H31BrN2O3S/c1-22(2,3)16-23(4,5)25-21(27)18-9-7-17(8-10-18)15-26(30(6,28)29)20-13-11-19(24)12-14-20/h7-14H,15-16H2,1-6H3,(H,25,27). The number of hydrogen-bond acceptors (Lipinski definition) is 3. The molecule has 30 heavy (non-hydrogen) atoms. The Labute approximate surface area is 189 Å². The van der Waals surface area contributed by atoms with Crippen LogP contribution in [0.4, 0.5) is 5.69 Å². The molecule has 1 N–H and O–H groups in total. The van der Waals surface area contributed by atoms with Crippen molar-refractivity contribution in [2.45, 2.75) is 53.1 Å². The summed E-state index contributed by atoms with van der Waals surface area (Å²) in [5.41, 5.74) is 1.71. The third-order valence-electron chi connectivity index (χ3n) is 4.48. The topological polar surface area (TPSA) is 66.5 Å². The zero-order valence-electron chi connectivity index (χ0n) is 18.5. The molecule has 0 bridgehead atoms. The maximum absolute atomic E-state index is 12.7. The molecule has 0 saturated carbocycles. The number of benzene rings is 2. The summed E-state index contributed by atoms with van der Waals surface area (Å²) >= 11 is 3.36. The molecule has 2 aromatic carbocycles. The van der Waals surface area contributed by atoms with Gasteiger partial charge in [0, 0.05) is 15.6 Å². The molecule has 164 valence electrons. The Morgan fingerprint density at radius 3 is 1.97 bits per heavy atom. The first kappa shape index (κ1) is 24.4. The van der Waals surface area contributed by atoms with Gasteiger partial charge in [-0.15, -0.1) is 0 Å². The lowest BCUT2D eigenvalue weighted by Crippen LogP contribution is -2.45. The van der Waals surface area contributed by atoms with E-state index in [4.69, 9.17) is 0 Å². The number of carbonyl (C=O) groups is 1. The molecule has 0 aliphatic carbocycles. The van der Waals surface area contributed by atoms with Crippen molar-refractivity contribution in [2.24, 2.45) is 5.41 Å². The number of amides is 1. The van der Waals surface area contributed by atoms with E-state index in [9.17, 15) is 13.2 Å². The van der Waals surface area contributed by atoms with Crippen LogP contribution in [0.5, 0.6) is 0 Å². The fourth-order valence-corrected chi connectivity index (χ4v) is 4.84. The molecule has 0 heterocycles. The normalized spacial score (nSPS) is 12.5. The molecule has 0 aliphatic rings. The maximum Gasteiger partial charge on any atom is 0.251 e. The Morgan fingerprint density at radius 2 is 1.50 bits per heavy atom. The molecule has 2 rings (SSSR count). The van der Waals surface area contributed by atoms with Crippen LogP contribution in [0, 0.1) is 5.41 Å². The first-order valence-corrected chi connectivity index (χ1v) is 12.5. The van der Waals surface area contributed by atoms with Gasteiger partial charge in [-0.25, -0.2) is 8.42 Å². The first-order valence-electron chi connectivity index (χ1n) is 9.81. The van der Waals surface area contributed by atoms with Crippen LogP contribution in [-0.2, 0) is 16.6 Å². The van der Waals surface area contributed by atoms with E-state index in [0.29, 0.717) is 11.3 Å². The fraction of sp³-hybridized carbons (Fsp3) is 0.435. The third kappa shape index (κ3) is 7.43. The molecule has 0 atom stereocenters. The van der Waals surface area contributed by atoms with E-state index < -0.39 is 10.0 Å². The number of sulfonamides is 1. The van der Waals surface area contributed by atoms with Gasteiger partial charge in [0.15, 0.2) is 0 Å². The van der Waals surface area contributed by atoms with Crippen LogP contribution in [0.2, 0.25) is 0 Å². The number of nitrogens with zero attached hydrogens (tertiary/aromatic N) is 1. The highest BCUT2D eigenvalue weighted by Crippen LogP contribution is 2.27. The molecule has 0 spiro atoms. The molecule has 2 aromatic rings. The van der Waals surface area contributed by atoms with Gasteiger partial charge in [0.1, 0.15) is 0 Å². The Balaban J connectivity index is 2.16. The highest BCUT2D eigenvalue weighted by molar-refractivity contribution is 9.10. The number of carbonyl (C=O) groups excluding carboxylic acids is 1. The average Bonchev–Trinajstić information content (AvgIpc) is 2.57. The fourth-order valence-electron chi connectivity index (χ4n) is 3.68. The second-order valence-corrected chi connectivity index (χ2v) is 12.3. The van der Waals surface area contributed by atoms with E-state index in [1.165, 1.54) is 10.6 Å². The highest BCUT2D eigenvalue weighted by atomic mass is 79.9. The van der Waals surface area contributed by atoms with Crippen molar-refractivity contribution in [3.63, 3.8) is 0 Å². The SMILES string of the molecule is CC(C)(C)CC(C)(C)NC(=O)c1ccc(CN(c2ccc(Br)cc2)S(C)(=O)=O)cc1. The van der Waals surface area contributed by atoms with E-state index in [-0.39, 0.29) is 23.4 Å². The van der Waals surface area contributed by atoms with E-state index in [2.05, 4.69) is 42.0 Å². The zero-order chi connectivity index (χ0) is 22.7. The van der Waals surface area contributed by atoms with Crippen LogP contribution < -0.4 is 9.62 Å². The van der Waals surface area contributed by atoms with Crippen molar-refractivity contribution in [3.05, 3.63) is 64.1 Å². The van der Waals surface area contributed by atoms with Crippen LogP contribution in [-0.4, -0.2) is 26.1 Å². The molecule has 0 aliphatic heterocycles. The number of halogens is 1. The summed E-state index contributed by atoms with van der Waals surface area (Å²) in [4.78, 5) is 12.7. The van der Waals surface area contributed by atoms with Crippen molar-refractivity contribution in [1.29, 1.82) is 0 Å². The molecular weight excluding hydrogens is 464 g/mol. The molecule has 0 saturated heterocycles. The van der Waals surface area contributed by atoms with Crippen molar-refractivity contribution in [3.8, 4) is 0 Å². The summed E-state index contributed by atoms with van der Waals surface area (Å²) < 4.78 is 26.9. The summed E-state index contributed by atoms with van der Waals surface area (Å²) in [5.74, 6) is -0.135. The van der Waals surface area contributed by atoms with Gasteiger partial charge in [-0.1, -0.05) is 48.8 Å². The Bertz CT molecular complexity index is 977. The van der Waals surface area contributed by atoms with Gasteiger partial charge >= 0.3 is 0 Å². The lowest BCUT2D eigenvalue weighted by Gasteiger charge is -2.33. The molecule has 0 fully saturated rings. The van der Waals surface area contributed by atoms with Crippen LogP contribution in [0.25, 0.3) is 0 Å². The maximum atomic E-state index is 12.7. The largest absolute Gasteiger partial charge is 0.347 e. The van der Waals surface area contributed by atoms with E-state index >= 15 is 0 Å². The predicted octanol–water partition coefficient (Wildman–Crippen LogP) is 5.36.